The molecular formula is C80H120N6O40S4. The third-order valence-electron chi connectivity index (χ3n) is 18.4. The van der Waals surface area contributed by atoms with E-state index in [1.54, 1.807) is 0 Å². The van der Waals surface area contributed by atoms with Crippen LogP contribution in [0.4, 0.5) is 0 Å². The molecule has 0 aromatic heterocycles. The van der Waals surface area contributed by atoms with E-state index in [1.165, 1.54) is 0 Å². The first-order valence-corrected chi connectivity index (χ1v) is 45.7. The number of thioether (sulfide) groups is 4. The third kappa shape index (κ3) is 43.7. The average molecular weight is 1930 g/mol. The number of amides is 4. The lowest BCUT2D eigenvalue weighted by Crippen LogP contribution is -2.61. The summed E-state index contributed by atoms with van der Waals surface area (Å²) in [5.74, 6) is -16.4. The average Bonchev–Trinajstić information content (AvgIpc) is 0.802. The summed E-state index contributed by atoms with van der Waals surface area (Å²) in [6.45, 7) is 18.1. The SMILES string of the molecule is CC(=O)OC[C@H]1O[C@@H](SCC(=O)NCCCN(CCCCN(CCCNC(=O)CS[C@@H]2O[C@H](COC(C)=O)[C@@H](OC(C)=O)[C@H](OC(C)=O)[C@H]2OC(C)=O)CCCNC(=O)CS[C@@H]2O[C@H](COC(C)=O)[C@@H](OC(C)=O)[C@H](OC(C)=O)[C@H]2OC(C)=O)CCCNC(=O)CS[C@@H]2O[C@H](COC(C)=O)[C@@H](OC(C)=O)[C@H](OC(C)=O)[C@H]2OC(C)=O)[C@H](OC(C)=O)[C@@H](OC(C)=O)[C@@H]1OC(C)=O. The molecule has 734 valence electrons. The maximum Gasteiger partial charge on any atom is 0.303 e. The van der Waals surface area contributed by atoms with Crippen molar-refractivity contribution >= 4 is 166 Å². The van der Waals surface area contributed by atoms with E-state index in [0.717, 1.165) is 158 Å². The van der Waals surface area contributed by atoms with Crippen molar-refractivity contribution in [1.82, 2.24) is 31.1 Å². The highest BCUT2D eigenvalue weighted by atomic mass is 32.2. The van der Waals surface area contributed by atoms with Crippen LogP contribution in [0.15, 0.2) is 0 Å². The molecule has 0 radical (unpaired) electrons. The lowest BCUT2D eigenvalue weighted by Gasteiger charge is -2.44. The van der Waals surface area contributed by atoms with Gasteiger partial charge in [0.15, 0.2) is 73.2 Å². The van der Waals surface area contributed by atoms with Crippen molar-refractivity contribution in [2.75, 3.05) is 115 Å². The molecule has 4 fully saturated rings. The fourth-order valence-electron chi connectivity index (χ4n) is 13.6. The van der Waals surface area contributed by atoms with Gasteiger partial charge in [-0.1, -0.05) is 0 Å². The first-order chi connectivity index (χ1) is 61.3. The molecule has 0 aromatic carbocycles. The molecule has 4 rings (SSSR count). The second-order valence-electron chi connectivity index (χ2n) is 29.7. The topological polar surface area (TPSA) is 581 Å². The van der Waals surface area contributed by atoms with Crippen LogP contribution in [0, 0.1) is 0 Å². The van der Waals surface area contributed by atoms with Gasteiger partial charge in [0.25, 0.3) is 0 Å². The van der Waals surface area contributed by atoms with Crippen LogP contribution in [-0.2, 0) is 191 Å². The molecule has 4 aliphatic heterocycles. The number of hydrogen-bond acceptors (Lipinski definition) is 46. The number of rotatable bonds is 53. The second-order valence-corrected chi connectivity index (χ2v) is 34.1. The Balaban J connectivity index is 1.61. The van der Waals surface area contributed by atoms with E-state index in [0.29, 0.717) is 77.8 Å². The fourth-order valence-corrected chi connectivity index (χ4v) is 17.7. The molecule has 0 aromatic rings. The van der Waals surface area contributed by atoms with Gasteiger partial charge in [-0.05, 0) is 77.8 Å². The molecule has 0 bridgehead atoms. The minimum atomic E-state index is -1.48. The third-order valence-corrected chi connectivity index (χ3v) is 22.9. The van der Waals surface area contributed by atoms with Gasteiger partial charge in [0.1, 0.15) is 72.6 Å². The molecule has 4 heterocycles. The second kappa shape index (κ2) is 59.1. The Hall–Kier alpha value is -9.44. The molecule has 0 saturated carbocycles. The lowest BCUT2D eigenvalue weighted by molar-refractivity contribution is -0.237. The van der Waals surface area contributed by atoms with Crippen LogP contribution in [0.1, 0.15) is 149 Å². The summed E-state index contributed by atoms with van der Waals surface area (Å²) in [4.78, 5) is 256. The maximum absolute atomic E-state index is 13.7. The van der Waals surface area contributed by atoms with Crippen LogP contribution in [0.25, 0.3) is 0 Å². The molecule has 0 unspecified atom stereocenters. The number of esters is 16. The largest absolute Gasteiger partial charge is 0.463 e. The van der Waals surface area contributed by atoms with E-state index < -0.39 is 265 Å². The highest BCUT2D eigenvalue weighted by Gasteiger charge is 2.57. The van der Waals surface area contributed by atoms with E-state index >= 15 is 0 Å². The smallest absolute Gasteiger partial charge is 0.303 e. The predicted octanol–water partition coefficient (Wildman–Crippen LogP) is -0.339. The van der Waals surface area contributed by atoms with Crippen molar-refractivity contribution in [3.05, 3.63) is 0 Å². The normalized spacial score (nSPS) is 25.0. The molecular weight excluding hydrogens is 1810 g/mol. The van der Waals surface area contributed by atoms with Crippen LogP contribution in [0.3, 0.4) is 0 Å². The number of hydrogen-bond donors (Lipinski definition) is 4. The highest BCUT2D eigenvalue weighted by molar-refractivity contribution is 8.01. The Bertz CT molecular complexity index is 3380. The summed E-state index contributed by atoms with van der Waals surface area (Å²) in [5, 5.41) is 11.4. The van der Waals surface area contributed by atoms with E-state index in [1.807, 2.05) is 0 Å². The van der Waals surface area contributed by atoms with Gasteiger partial charge in [0.2, 0.25) is 23.6 Å². The summed E-state index contributed by atoms with van der Waals surface area (Å²) in [5.41, 5.74) is -5.00. The van der Waals surface area contributed by atoms with Gasteiger partial charge in [-0.15, -0.1) is 47.0 Å². The molecule has 130 heavy (non-hydrogen) atoms. The van der Waals surface area contributed by atoms with Gasteiger partial charge >= 0.3 is 95.5 Å². The molecule has 4 amide bonds. The first-order valence-electron chi connectivity index (χ1n) is 41.5. The lowest BCUT2D eigenvalue weighted by atomic mass is 9.99. The number of unbranched alkanes of at least 4 members (excludes halogenated alkanes) is 1. The highest BCUT2D eigenvalue weighted by Crippen LogP contribution is 2.39. The zero-order valence-electron chi connectivity index (χ0n) is 75.4. The molecule has 50 heteroatoms. The Morgan fingerprint density at radius 3 is 0.531 bits per heavy atom. The Morgan fingerprint density at radius 1 is 0.215 bits per heavy atom. The summed E-state index contributed by atoms with van der Waals surface area (Å²) < 4.78 is 112. The molecule has 4 aliphatic rings. The van der Waals surface area contributed by atoms with Crippen molar-refractivity contribution in [3.63, 3.8) is 0 Å². The Kier molecular flexibility index (Phi) is 51.4. The zero-order valence-corrected chi connectivity index (χ0v) is 78.6. The predicted molar refractivity (Wildman–Crippen MR) is 450 cm³/mol. The number of nitrogens with zero attached hydrogens (tertiary/aromatic N) is 2. The monoisotopic (exact) mass is 1930 g/mol. The molecule has 46 nitrogen and oxygen atoms in total. The zero-order chi connectivity index (χ0) is 97.0. The van der Waals surface area contributed by atoms with Crippen LogP contribution in [-0.4, -0.2) is 363 Å². The van der Waals surface area contributed by atoms with Crippen molar-refractivity contribution in [1.29, 1.82) is 0 Å². The number of carbonyl (C=O) groups excluding carboxylic acids is 20. The quantitative estimate of drug-likeness (QED) is 0.0344. The van der Waals surface area contributed by atoms with Crippen molar-refractivity contribution < 1.29 is 191 Å². The van der Waals surface area contributed by atoms with E-state index in [9.17, 15) is 95.9 Å². The van der Waals surface area contributed by atoms with Gasteiger partial charge in [-0.3, -0.25) is 95.9 Å². The number of nitrogens with one attached hydrogen (secondary N) is 4. The molecule has 0 spiro atoms. The Morgan fingerprint density at radius 2 is 0.369 bits per heavy atom. The van der Waals surface area contributed by atoms with Crippen LogP contribution in [0.2, 0.25) is 0 Å². The fraction of sp³-hybridized carbons (Fsp3) is 0.750. The van der Waals surface area contributed by atoms with Crippen molar-refractivity contribution in [2.24, 2.45) is 0 Å². The summed E-state index contributed by atoms with van der Waals surface area (Å²) >= 11 is 3.41. The van der Waals surface area contributed by atoms with E-state index in [2.05, 4.69) is 31.1 Å². The molecule has 0 aliphatic carbocycles. The number of carbonyl (C=O) groups is 20. The van der Waals surface area contributed by atoms with Gasteiger partial charge < -0.3 is 126 Å². The maximum atomic E-state index is 13.7. The van der Waals surface area contributed by atoms with Gasteiger partial charge in [0.05, 0.1) is 23.0 Å². The molecule has 4 N–H and O–H groups in total. The van der Waals surface area contributed by atoms with Gasteiger partial charge in [-0.2, -0.15) is 0 Å². The summed E-state index contributed by atoms with van der Waals surface area (Å²) in [7, 11) is 0. The van der Waals surface area contributed by atoms with Gasteiger partial charge in [0, 0.05) is 137 Å². The van der Waals surface area contributed by atoms with Crippen LogP contribution in [0.5, 0.6) is 0 Å². The van der Waals surface area contributed by atoms with Crippen LogP contribution >= 0.6 is 47.0 Å². The van der Waals surface area contributed by atoms with Gasteiger partial charge in [-0.25, -0.2) is 0 Å². The molecule has 4 saturated heterocycles. The summed E-state index contributed by atoms with van der Waals surface area (Å²) in [6, 6.07) is 0. The minimum absolute atomic E-state index is 0.103. The van der Waals surface area contributed by atoms with Crippen molar-refractivity contribution in [2.45, 2.75) is 269 Å². The summed E-state index contributed by atoms with van der Waals surface area (Å²) in [6.07, 6.45) is -20.0. The minimum Gasteiger partial charge on any atom is -0.463 e. The molecule has 20 atom stereocenters. The Labute approximate surface area is 767 Å². The first kappa shape index (κ1) is 113. The van der Waals surface area contributed by atoms with Crippen LogP contribution < -0.4 is 21.3 Å². The number of ether oxygens (including phenoxy) is 20. The van der Waals surface area contributed by atoms with Crippen molar-refractivity contribution in [3.8, 4) is 0 Å². The van der Waals surface area contributed by atoms with E-state index in [-0.39, 0.29) is 49.2 Å². The van der Waals surface area contributed by atoms with E-state index in [4.69, 9.17) is 94.7 Å². The standard InChI is InChI=1S/C80H120N6O40S4/c1-41(87)107-33-57-65(111-45(5)91)69(115-49(9)95)73(119-53(13)99)77(123-57)127-37-61(103)81-23-19-29-85(30-20-24-82-62(104)38-128-78-74(120-54(14)100)70(116-50(10)96)66(112-46(6)92)58(124-78)34-108-42(2)88)27-17-18-28-86(31-21-25-83-63(105)39-129-79-75(121-55(15)101)71(117-51(11)97)67(113-47(7)93)59(125-79)35-109-43(3)89)32-22-26-84-64(106)40-130-80-76(122-56(16)102)72(118-52(12)98)68(114-48(8)94)60(126-80)36-110-44(4)90/h57-60,65-80H,17-40H2,1-16H3,(H,81,103)(H,82,104)(H,83,105)(H,84,106)/t57-,58-,59-,60-,65-,66-,67-,68-,69+,70+,71+,72+,73-,74-,75-,76-,77+,78+,79+,80+/m1/s1.